The normalized spacial score (nSPS) is 20.9. The van der Waals surface area contributed by atoms with E-state index in [0.717, 1.165) is 32.4 Å². The molecule has 3 nitrogen and oxygen atoms in total. The van der Waals surface area contributed by atoms with Gasteiger partial charge in [-0.2, -0.15) is 0 Å². The molecule has 14 heavy (non-hydrogen) atoms. The number of carbonyl (C=O) groups is 1. The number of rotatable bonds is 3. The number of likely N-dealkylation sites (tertiary alicyclic amines) is 1. The molecule has 1 aliphatic rings. The van der Waals surface area contributed by atoms with Gasteiger partial charge < -0.3 is 10.6 Å². The summed E-state index contributed by atoms with van der Waals surface area (Å²) in [5.74, 6) is 0.283. The maximum Gasteiger partial charge on any atom is 0.222 e. The van der Waals surface area contributed by atoms with Gasteiger partial charge in [0.25, 0.3) is 0 Å². The van der Waals surface area contributed by atoms with Crippen LogP contribution in [0.3, 0.4) is 0 Å². The highest BCUT2D eigenvalue weighted by Crippen LogP contribution is 2.29. The minimum absolute atomic E-state index is 0.283. The molecule has 1 heterocycles. The average molecular weight is 198 g/mol. The van der Waals surface area contributed by atoms with E-state index in [4.69, 9.17) is 5.73 Å². The lowest BCUT2D eigenvalue weighted by Gasteiger charge is -2.37. The van der Waals surface area contributed by atoms with Gasteiger partial charge in [0.15, 0.2) is 0 Å². The van der Waals surface area contributed by atoms with Gasteiger partial charge in [-0.05, 0) is 31.2 Å². The summed E-state index contributed by atoms with van der Waals surface area (Å²) in [7, 11) is 0. The van der Waals surface area contributed by atoms with E-state index in [0.29, 0.717) is 18.4 Å². The molecular formula is C11H22N2O. The molecule has 0 radical (unpaired) electrons. The maximum absolute atomic E-state index is 11.6. The SMILES string of the molecule is CC1(C)CCN(C(=O)CCCN)CC1. The molecular weight excluding hydrogens is 176 g/mol. The van der Waals surface area contributed by atoms with Crippen molar-refractivity contribution in [2.45, 2.75) is 39.5 Å². The third-order valence-corrected chi connectivity index (χ3v) is 3.06. The lowest BCUT2D eigenvalue weighted by Crippen LogP contribution is -2.41. The average Bonchev–Trinajstić information content (AvgIpc) is 2.14. The molecule has 1 fully saturated rings. The Kier molecular flexibility index (Phi) is 3.93. The van der Waals surface area contributed by atoms with E-state index in [-0.39, 0.29) is 5.91 Å². The molecule has 3 heteroatoms. The molecule has 1 aliphatic heterocycles. The second kappa shape index (κ2) is 4.78. The molecule has 1 saturated heterocycles. The zero-order valence-electron chi connectivity index (χ0n) is 9.38. The van der Waals surface area contributed by atoms with Crippen molar-refractivity contribution >= 4 is 5.91 Å². The van der Waals surface area contributed by atoms with Crippen LogP contribution in [0.2, 0.25) is 0 Å². The lowest BCUT2D eigenvalue weighted by molar-refractivity contribution is -0.133. The number of carbonyl (C=O) groups excluding carboxylic acids is 1. The molecule has 0 aromatic carbocycles. The lowest BCUT2D eigenvalue weighted by atomic mass is 9.82. The molecule has 82 valence electrons. The van der Waals surface area contributed by atoms with Gasteiger partial charge in [-0.1, -0.05) is 13.8 Å². The third-order valence-electron chi connectivity index (χ3n) is 3.06. The molecule has 2 N–H and O–H groups in total. The van der Waals surface area contributed by atoms with Crippen LogP contribution < -0.4 is 5.73 Å². The van der Waals surface area contributed by atoms with Crippen LogP contribution in [-0.4, -0.2) is 30.4 Å². The number of nitrogens with two attached hydrogens (primary N) is 1. The third kappa shape index (κ3) is 3.29. The fourth-order valence-corrected chi connectivity index (χ4v) is 1.77. The maximum atomic E-state index is 11.6. The summed E-state index contributed by atoms with van der Waals surface area (Å²) < 4.78 is 0. The van der Waals surface area contributed by atoms with Gasteiger partial charge in [-0.15, -0.1) is 0 Å². The van der Waals surface area contributed by atoms with Crippen molar-refractivity contribution < 1.29 is 4.79 Å². The molecule has 0 aromatic rings. The van der Waals surface area contributed by atoms with E-state index in [1.165, 1.54) is 0 Å². The van der Waals surface area contributed by atoms with Crippen molar-refractivity contribution in [3.8, 4) is 0 Å². The van der Waals surface area contributed by atoms with Crippen molar-refractivity contribution in [2.24, 2.45) is 11.1 Å². The van der Waals surface area contributed by atoms with E-state index in [9.17, 15) is 4.79 Å². The van der Waals surface area contributed by atoms with Crippen molar-refractivity contribution in [3.05, 3.63) is 0 Å². The van der Waals surface area contributed by atoms with Gasteiger partial charge >= 0.3 is 0 Å². The first-order chi connectivity index (χ1) is 6.55. The monoisotopic (exact) mass is 198 g/mol. The zero-order valence-corrected chi connectivity index (χ0v) is 9.38. The van der Waals surface area contributed by atoms with Crippen LogP contribution in [0.25, 0.3) is 0 Å². The largest absolute Gasteiger partial charge is 0.343 e. The summed E-state index contributed by atoms with van der Waals surface area (Å²) in [6.45, 7) is 7.02. The molecule has 0 bridgehead atoms. The van der Waals surface area contributed by atoms with Gasteiger partial charge in [0.1, 0.15) is 0 Å². The van der Waals surface area contributed by atoms with Crippen LogP contribution in [0.5, 0.6) is 0 Å². The van der Waals surface area contributed by atoms with Crippen LogP contribution in [0, 0.1) is 5.41 Å². The van der Waals surface area contributed by atoms with Gasteiger partial charge in [-0.25, -0.2) is 0 Å². The molecule has 1 amide bonds. The number of hydrogen-bond donors (Lipinski definition) is 1. The van der Waals surface area contributed by atoms with E-state index in [1.807, 2.05) is 4.90 Å². The quantitative estimate of drug-likeness (QED) is 0.744. The van der Waals surface area contributed by atoms with Crippen LogP contribution in [0.15, 0.2) is 0 Å². The summed E-state index contributed by atoms with van der Waals surface area (Å²) >= 11 is 0. The molecule has 0 atom stereocenters. The standard InChI is InChI=1S/C11H22N2O/c1-11(2)5-8-13(9-6-11)10(14)4-3-7-12/h3-9,12H2,1-2H3. The van der Waals surface area contributed by atoms with Crippen molar-refractivity contribution in [1.82, 2.24) is 4.90 Å². The molecule has 1 rings (SSSR count). The molecule has 0 unspecified atom stereocenters. The van der Waals surface area contributed by atoms with Gasteiger partial charge in [-0.3, -0.25) is 4.79 Å². The van der Waals surface area contributed by atoms with Gasteiger partial charge in [0.05, 0.1) is 0 Å². The van der Waals surface area contributed by atoms with E-state index >= 15 is 0 Å². The van der Waals surface area contributed by atoms with Crippen molar-refractivity contribution in [3.63, 3.8) is 0 Å². The predicted molar refractivity (Wildman–Crippen MR) is 57.9 cm³/mol. The Bertz CT molecular complexity index is 191. The summed E-state index contributed by atoms with van der Waals surface area (Å²) in [6.07, 6.45) is 3.69. The Morgan fingerprint density at radius 1 is 1.36 bits per heavy atom. The Morgan fingerprint density at radius 3 is 2.43 bits per heavy atom. The summed E-state index contributed by atoms with van der Waals surface area (Å²) in [6, 6.07) is 0. The molecule has 0 aromatic heterocycles. The minimum atomic E-state index is 0.283. The Hall–Kier alpha value is -0.570. The Labute approximate surface area is 86.6 Å². The first kappa shape index (κ1) is 11.5. The van der Waals surface area contributed by atoms with Gasteiger partial charge in [0.2, 0.25) is 5.91 Å². The smallest absolute Gasteiger partial charge is 0.222 e. The van der Waals surface area contributed by atoms with Crippen LogP contribution in [0.1, 0.15) is 39.5 Å². The van der Waals surface area contributed by atoms with Crippen LogP contribution >= 0.6 is 0 Å². The van der Waals surface area contributed by atoms with Crippen LogP contribution in [0.4, 0.5) is 0 Å². The number of amides is 1. The van der Waals surface area contributed by atoms with Crippen molar-refractivity contribution in [1.29, 1.82) is 0 Å². The highest BCUT2D eigenvalue weighted by molar-refractivity contribution is 5.76. The molecule has 0 saturated carbocycles. The Morgan fingerprint density at radius 2 is 1.93 bits per heavy atom. The topological polar surface area (TPSA) is 46.3 Å². The first-order valence-corrected chi connectivity index (χ1v) is 5.53. The highest BCUT2D eigenvalue weighted by atomic mass is 16.2. The second-order valence-electron chi connectivity index (χ2n) is 4.94. The summed E-state index contributed by atoms with van der Waals surface area (Å²) in [5.41, 5.74) is 5.80. The zero-order chi connectivity index (χ0) is 10.6. The fourth-order valence-electron chi connectivity index (χ4n) is 1.77. The summed E-state index contributed by atoms with van der Waals surface area (Å²) in [5, 5.41) is 0. The van der Waals surface area contributed by atoms with Crippen LogP contribution in [-0.2, 0) is 4.79 Å². The van der Waals surface area contributed by atoms with E-state index in [2.05, 4.69) is 13.8 Å². The van der Waals surface area contributed by atoms with E-state index < -0.39 is 0 Å². The fraction of sp³-hybridized carbons (Fsp3) is 0.909. The van der Waals surface area contributed by atoms with Crippen molar-refractivity contribution in [2.75, 3.05) is 19.6 Å². The molecule has 0 aliphatic carbocycles. The minimum Gasteiger partial charge on any atom is -0.343 e. The molecule has 0 spiro atoms. The second-order valence-corrected chi connectivity index (χ2v) is 4.94. The highest BCUT2D eigenvalue weighted by Gasteiger charge is 2.27. The first-order valence-electron chi connectivity index (χ1n) is 5.53. The Balaban J connectivity index is 2.30. The number of hydrogen-bond acceptors (Lipinski definition) is 2. The summed E-state index contributed by atoms with van der Waals surface area (Å²) in [4.78, 5) is 13.6. The van der Waals surface area contributed by atoms with Gasteiger partial charge in [0, 0.05) is 19.5 Å². The van der Waals surface area contributed by atoms with E-state index in [1.54, 1.807) is 0 Å². The number of nitrogens with zero attached hydrogens (tertiary/aromatic N) is 1. The predicted octanol–water partition coefficient (Wildman–Crippen LogP) is 1.37. The number of piperidine rings is 1.